The summed E-state index contributed by atoms with van der Waals surface area (Å²) in [6.45, 7) is 12.2. The van der Waals surface area contributed by atoms with Crippen molar-refractivity contribution in [3.8, 4) is 0 Å². The summed E-state index contributed by atoms with van der Waals surface area (Å²) in [7, 11) is 2.16. The molecular formula is C16H33N3O. The summed E-state index contributed by atoms with van der Waals surface area (Å²) in [5, 5.41) is 3.14. The van der Waals surface area contributed by atoms with E-state index in [9.17, 15) is 4.79 Å². The van der Waals surface area contributed by atoms with Gasteiger partial charge in [0.1, 0.15) is 0 Å². The first-order valence-electron chi connectivity index (χ1n) is 7.81. The zero-order chi connectivity index (χ0) is 15.4. The summed E-state index contributed by atoms with van der Waals surface area (Å²) >= 11 is 0. The maximum atomic E-state index is 12.3. The Morgan fingerprint density at radius 2 is 1.90 bits per heavy atom. The molecule has 1 atom stereocenters. The Morgan fingerprint density at radius 1 is 1.35 bits per heavy atom. The smallest absolute Gasteiger partial charge is 0.224 e. The molecule has 0 spiro atoms. The number of rotatable bonds is 5. The highest BCUT2D eigenvalue weighted by molar-refractivity contribution is 5.78. The van der Waals surface area contributed by atoms with Gasteiger partial charge in [0, 0.05) is 13.1 Å². The molecular weight excluding hydrogens is 250 g/mol. The van der Waals surface area contributed by atoms with Crippen LogP contribution < -0.4 is 11.1 Å². The summed E-state index contributed by atoms with van der Waals surface area (Å²) in [5.74, 6) is 0.0624. The molecule has 1 heterocycles. The third kappa shape index (κ3) is 5.80. The first kappa shape index (κ1) is 17.4. The molecule has 1 unspecified atom stereocenters. The maximum absolute atomic E-state index is 12.3. The highest BCUT2D eigenvalue weighted by Gasteiger charge is 2.30. The van der Waals surface area contributed by atoms with Crippen molar-refractivity contribution in [1.29, 1.82) is 0 Å². The fourth-order valence-electron chi connectivity index (χ4n) is 2.80. The maximum Gasteiger partial charge on any atom is 0.224 e. The van der Waals surface area contributed by atoms with Crippen LogP contribution in [0.25, 0.3) is 0 Å². The minimum Gasteiger partial charge on any atom is -0.355 e. The Labute approximate surface area is 124 Å². The molecule has 118 valence electrons. The number of hydrogen-bond donors (Lipinski definition) is 2. The molecule has 1 rings (SSSR count). The van der Waals surface area contributed by atoms with Gasteiger partial charge in [-0.3, -0.25) is 4.79 Å². The normalized spacial score (nSPS) is 21.5. The number of amides is 1. The number of piperidine rings is 1. The number of nitrogens with zero attached hydrogens (tertiary/aromatic N) is 1. The van der Waals surface area contributed by atoms with Gasteiger partial charge in [-0.05, 0) is 50.2 Å². The van der Waals surface area contributed by atoms with Crippen LogP contribution in [0.5, 0.6) is 0 Å². The molecule has 0 aromatic rings. The van der Waals surface area contributed by atoms with E-state index >= 15 is 0 Å². The number of likely N-dealkylation sites (tertiary alicyclic amines) is 1. The number of nitrogens with two attached hydrogens (primary N) is 1. The van der Waals surface area contributed by atoms with Gasteiger partial charge in [0.05, 0.1) is 5.92 Å². The molecule has 1 saturated heterocycles. The number of hydrogen-bond acceptors (Lipinski definition) is 3. The van der Waals surface area contributed by atoms with Crippen LogP contribution in [-0.4, -0.2) is 44.0 Å². The van der Waals surface area contributed by atoms with Gasteiger partial charge in [-0.2, -0.15) is 0 Å². The van der Waals surface area contributed by atoms with E-state index in [4.69, 9.17) is 5.73 Å². The molecule has 0 bridgehead atoms. The lowest BCUT2D eigenvalue weighted by molar-refractivity contribution is -0.126. The fourth-order valence-corrected chi connectivity index (χ4v) is 2.80. The summed E-state index contributed by atoms with van der Waals surface area (Å²) < 4.78 is 0. The summed E-state index contributed by atoms with van der Waals surface area (Å²) in [5.41, 5.74) is 6.15. The summed E-state index contributed by atoms with van der Waals surface area (Å²) in [6.07, 6.45) is 3.14. The average molecular weight is 283 g/mol. The summed E-state index contributed by atoms with van der Waals surface area (Å²) in [4.78, 5) is 14.7. The minimum atomic E-state index is -0.0649. The highest BCUT2D eigenvalue weighted by atomic mass is 16.1. The molecule has 1 fully saturated rings. The first-order valence-corrected chi connectivity index (χ1v) is 7.81. The van der Waals surface area contributed by atoms with Crippen molar-refractivity contribution in [2.45, 2.75) is 47.0 Å². The van der Waals surface area contributed by atoms with Gasteiger partial charge in [0.15, 0.2) is 0 Å². The van der Waals surface area contributed by atoms with Crippen LogP contribution in [0.4, 0.5) is 0 Å². The van der Waals surface area contributed by atoms with Crippen molar-refractivity contribution >= 4 is 5.91 Å². The van der Waals surface area contributed by atoms with Crippen molar-refractivity contribution in [2.75, 3.05) is 33.2 Å². The van der Waals surface area contributed by atoms with E-state index in [1.165, 1.54) is 0 Å². The van der Waals surface area contributed by atoms with E-state index in [-0.39, 0.29) is 22.7 Å². The molecule has 1 aliphatic heterocycles. The van der Waals surface area contributed by atoms with E-state index in [1.807, 2.05) is 0 Å². The second-order valence-corrected chi connectivity index (χ2v) is 8.03. The molecule has 3 N–H and O–H groups in total. The molecule has 4 nitrogen and oxygen atoms in total. The second-order valence-electron chi connectivity index (χ2n) is 8.03. The van der Waals surface area contributed by atoms with Crippen LogP contribution in [-0.2, 0) is 4.79 Å². The molecule has 4 heteroatoms. The summed E-state index contributed by atoms with van der Waals surface area (Å²) in [6, 6.07) is 0. The van der Waals surface area contributed by atoms with E-state index in [2.05, 4.69) is 45.0 Å². The Kier molecular flexibility index (Phi) is 6.02. The highest BCUT2D eigenvalue weighted by Crippen LogP contribution is 2.30. The Morgan fingerprint density at radius 3 is 2.35 bits per heavy atom. The average Bonchev–Trinajstić information content (AvgIpc) is 2.36. The van der Waals surface area contributed by atoms with Gasteiger partial charge >= 0.3 is 0 Å². The van der Waals surface area contributed by atoms with E-state index in [0.717, 1.165) is 38.9 Å². The predicted molar refractivity (Wildman–Crippen MR) is 84.5 cm³/mol. The zero-order valence-corrected chi connectivity index (χ0v) is 14.0. The lowest BCUT2D eigenvalue weighted by Crippen LogP contribution is -2.46. The van der Waals surface area contributed by atoms with Crippen LogP contribution >= 0.6 is 0 Å². The van der Waals surface area contributed by atoms with Crippen molar-refractivity contribution < 1.29 is 4.79 Å². The predicted octanol–water partition coefficient (Wildman–Crippen LogP) is 1.85. The molecule has 1 aliphatic rings. The topological polar surface area (TPSA) is 58.4 Å². The third-order valence-electron chi connectivity index (χ3n) is 4.40. The lowest BCUT2D eigenvalue weighted by atomic mass is 9.80. The number of carbonyl (C=O) groups is 1. The van der Waals surface area contributed by atoms with Crippen molar-refractivity contribution in [1.82, 2.24) is 10.2 Å². The van der Waals surface area contributed by atoms with Gasteiger partial charge in [0.25, 0.3) is 0 Å². The standard InChI is InChI=1S/C16H33N3O/c1-15(2,3)10-13(11-17)14(20)18-12-16(4)6-8-19(5)9-7-16/h13H,6-12,17H2,1-5H3,(H,18,20). The third-order valence-corrected chi connectivity index (χ3v) is 4.40. The second kappa shape index (κ2) is 6.90. The molecule has 0 aromatic carbocycles. The molecule has 0 saturated carbocycles. The van der Waals surface area contributed by atoms with Crippen molar-refractivity contribution in [2.24, 2.45) is 22.5 Å². The van der Waals surface area contributed by atoms with Crippen LogP contribution in [0.2, 0.25) is 0 Å². The van der Waals surface area contributed by atoms with Gasteiger partial charge in [-0.25, -0.2) is 0 Å². The van der Waals surface area contributed by atoms with Crippen LogP contribution in [0, 0.1) is 16.7 Å². The lowest BCUT2D eigenvalue weighted by Gasteiger charge is -2.38. The Bertz CT molecular complexity index is 314. The van der Waals surface area contributed by atoms with Gasteiger partial charge in [-0.15, -0.1) is 0 Å². The van der Waals surface area contributed by atoms with Gasteiger partial charge in [0.2, 0.25) is 5.91 Å². The van der Waals surface area contributed by atoms with Crippen molar-refractivity contribution in [3.63, 3.8) is 0 Å². The minimum absolute atomic E-state index is 0.0649. The number of nitrogens with one attached hydrogen (secondary N) is 1. The zero-order valence-electron chi connectivity index (χ0n) is 14.0. The molecule has 20 heavy (non-hydrogen) atoms. The monoisotopic (exact) mass is 283 g/mol. The largest absolute Gasteiger partial charge is 0.355 e. The molecule has 0 aromatic heterocycles. The number of carbonyl (C=O) groups excluding carboxylic acids is 1. The quantitative estimate of drug-likeness (QED) is 0.809. The molecule has 0 aliphatic carbocycles. The van der Waals surface area contributed by atoms with Gasteiger partial charge in [-0.1, -0.05) is 27.7 Å². The van der Waals surface area contributed by atoms with Gasteiger partial charge < -0.3 is 16.0 Å². The first-order chi connectivity index (χ1) is 9.15. The van der Waals surface area contributed by atoms with Crippen LogP contribution in [0.1, 0.15) is 47.0 Å². The fraction of sp³-hybridized carbons (Fsp3) is 0.938. The van der Waals surface area contributed by atoms with Crippen LogP contribution in [0.3, 0.4) is 0 Å². The van der Waals surface area contributed by atoms with E-state index in [1.54, 1.807) is 0 Å². The Hall–Kier alpha value is -0.610. The molecule has 1 amide bonds. The molecule has 0 radical (unpaired) electrons. The Balaban J connectivity index is 2.45. The van der Waals surface area contributed by atoms with Crippen molar-refractivity contribution in [3.05, 3.63) is 0 Å². The van der Waals surface area contributed by atoms with E-state index in [0.29, 0.717) is 6.54 Å². The van der Waals surface area contributed by atoms with E-state index < -0.39 is 0 Å². The van der Waals surface area contributed by atoms with Crippen LogP contribution in [0.15, 0.2) is 0 Å². The SMILES string of the molecule is CN1CCC(C)(CNC(=O)C(CN)CC(C)(C)C)CC1.